The number of benzene rings is 1. The molecule has 1 atom stereocenters. The molecule has 1 aromatic carbocycles. The molecular weight excluding hydrogens is 334 g/mol. The Morgan fingerprint density at radius 3 is 2.41 bits per heavy atom. The van der Waals surface area contributed by atoms with E-state index in [-0.39, 0.29) is 0 Å². The quantitative estimate of drug-likeness (QED) is 0.316. The van der Waals surface area contributed by atoms with Crippen molar-refractivity contribution in [2.24, 2.45) is 4.99 Å². The predicted octanol–water partition coefficient (Wildman–Crippen LogP) is 3.18. The van der Waals surface area contributed by atoms with Gasteiger partial charge in [-0.3, -0.25) is 4.99 Å². The van der Waals surface area contributed by atoms with E-state index in [0.717, 1.165) is 51.5 Å². The maximum atomic E-state index is 4.36. The van der Waals surface area contributed by atoms with Crippen LogP contribution in [-0.4, -0.2) is 68.6 Å². The Morgan fingerprint density at radius 2 is 1.78 bits per heavy atom. The molecule has 0 aliphatic carbocycles. The largest absolute Gasteiger partial charge is 0.356 e. The first kappa shape index (κ1) is 23.4. The Balaban J connectivity index is 2.16. The van der Waals surface area contributed by atoms with Crippen molar-refractivity contribution in [3.8, 4) is 0 Å². The predicted molar refractivity (Wildman–Crippen MR) is 118 cm³/mol. The molecule has 0 spiro atoms. The van der Waals surface area contributed by atoms with Gasteiger partial charge >= 0.3 is 0 Å². The van der Waals surface area contributed by atoms with Gasteiger partial charge in [0.2, 0.25) is 0 Å². The van der Waals surface area contributed by atoms with Crippen LogP contribution in [0.2, 0.25) is 0 Å². The molecule has 0 fully saturated rings. The number of aliphatic imine (C=N–C) groups is 1. The van der Waals surface area contributed by atoms with E-state index in [1.54, 1.807) is 0 Å². The Labute approximate surface area is 167 Å². The summed E-state index contributed by atoms with van der Waals surface area (Å²) in [6.45, 7) is 13.2. The lowest BCUT2D eigenvalue weighted by Crippen LogP contribution is -2.43. The monoisotopic (exact) mass is 375 g/mol. The highest BCUT2D eigenvalue weighted by atomic mass is 15.2. The SMILES string of the molecule is CCN(CC)CCCC(C)NC(=NC)NCCCN(C)Cc1ccccc1. The van der Waals surface area contributed by atoms with Gasteiger partial charge in [0.05, 0.1) is 0 Å². The molecule has 1 unspecified atom stereocenters. The molecule has 0 aliphatic heterocycles. The van der Waals surface area contributed by atoms with Crippen molar-refractivity contribution in [2.75, 3.05) is 46.8 Å². The van der Waals surface area contributed by atoms with Crippen molar-refractivity contribution >= 4 is 5.96 Å². The number of hydrogen-bond donors (Lipinski definition) is 2. The van der Waals surface area contributed by atoms with Gasteiger partial charge in [-0.2, -0.15) is 0 Å². The third kappa shape index (κ3) is 11.0. The first-order valence-electron chi connectivity index (χ1n) is 10.5. The molecule has 0 saturated heterocycles. The lowest BCUT2D eigenvalue weighted by molar-refractivity contribution is 0.292. The van der Waals surface area contributed by atoms with E-state index in [9.17, 15) is 0 Å². The summed E-state index contributed by atoms with van der Waals surface area (Å²) in [4.78, 5) is 9.20. The molecule has 0 heterocycles. The fraction of sp³-hybridized carbons (Fsp3) is 0.682. The normalized spacial score (nSPS) is 13.2. The van der Waals surface area contributed by atoms with Crippen molar-refractivity contribution < 1.29 is 0 Å². The third-order valence-corrected chi connectivity index (χ3v) is 4.92. The van der Waals surface area contributed by atoms with Gasteiger partial charge in [-0.25, -0.2) is 0 Å². The topological polar surface area (TPSA) is 42.9 Å². The fourth-order valence-electron chi connectivity index (χ4n) is 3.19. The number of guanidine groups is 1. The second-order valence-corrected chi connectivity index (χ2v) is 7.29. The molecule has 1 aromatic rings. The van der Waals surface area contributed by atoms with Crippen molar-refractivity contribution in [1.82, 2.24) is 20.4 Å². The Morgan fingerprint density at radius 1 is 1.07 bits per heavy atom. The summed E-state index contributed by atoms with van der Waals surface area (Å²) >= 11 is 0. The van der Waals surface area contributed by atoms with Gasteiger partial charge in [0, 0.05) is 26.2 Å². The smallest absolute Gasteiger partial charge is 0.191 e. The first-order chi connectivity index (χ1) is 13.1. The fourth-order valence-corrected chi connectivity index (χ4v) is 3.19. The van der Waals surface area contributed by atoms with Crippen LogP contribution in [0.25, 0.3) is 0 Å². The molecule has 1 rings (SSSR count). The molecule has 5 heteroatoms. The number of hydrogen-bond acceptors (Lipinski definition) is 3. The average Bonchev–Trinajstić information content (AvgIpc) is 2.68. The van der Waals surface area contributed by atoms with Crippen LogP contribution in [0.4, 0.5) is 0 Å². The van der Waals surface area contributed by atoms with Gasteiger partial charge in [0.15, 0.2) is 5.96 Å². The zero-order valence-electron chi connectivity index (χ0n) is 18.2. The van der Waals surface area contributed by atoms with E-state index in [4.69, 9.17) is 0 Å². The molecule has 27 heavy (non-hydrogen) atoms. The van der Waals surface area contributed by atoms with Crippen molar-refractivity contribution in [3.05, 3.63) is 35.9 Å². The van der Waals surface area contributed by atoms with Crippen LogP contribution in [0.15, 0.2) is 35.3 Å². The summed E-state index contributed by atoms with van der Waals surface area (Å²) in [5, 5.41) is 6.95. The van der Waals surface area contributed by atoms with Crippen LogP contribution in [0.1, 0.15) is 45.6 Å². The minimum absolute atomic E-state index is 0.438. The van der Waals surface area contributed by atoms with Crippen LogP contribution >= 0.6 is 0 Å². The van der Waals surface area contributed by atoms with Crippen molar-refractivity contribution in [3.63, 3.8) is 0 Å². The summed E-state index contributed by atoms with van der Waals surface area (Å²) in [6, 6.07) is 11.1. The van der Waals surface area contributed by atoms with Crippen LogP contribution in [-0.2, 0) is 6.54 Å². The number of rotatable bonds is 13. The Bertz CT molecular complexity index is 499. The van der Waals surface area contributed by atoms with E-state index in [1.165, 1.54) is 18.5 Å². The van der Waals surface area contributed by atoms with E-state index >= 15 is 0 Å². The summed E-state index contributed by atoms with van der Waals surface area (Å²) in [6.07, 6.45) is 3.48. The van der Waals surface area contributed by atoms with Gasteiger partial charge in [0.25, 0.3) is 0 Å². The Hall–Kier alpha value is -1.59. The maximum absolute atomic E-state index is 4.36. The summed E-state index contributed by atoms with van der Waals surface area (Å²) in [7, 11) is 4.03. The number of nitrogens with zero attached hydrogens (tertiary/aromatic N) is 3. The minimum atomic E-state index is 0.438. The first-order valence-corrected chi connectivity index (χ1v) is 10.5. The van der Waals surface area contributed by atoms with Gasteiger partial charge < -0.3 is 20.4 Å². The van der Waals surface area contributed by atoms with Crippen LogP contribution in [0.5, 0.6) is 0 Å². The van der Waals surface area contributed by atoms with E-state index in [1.807, 2.05) is 7.05 Å². The highest BCUT2D eigenvalue weighted by molar-refractivity contribution is 5.79. The molecule has 0 amide bonds. The summed E-state index contributed by atoms with van der Waals surface area (Å²) < 4.78 is 0. The summed E-state index contributed by atoms with van der Waals surface area (Å²) in [5.74, 6) is 0.913. The lowest BCUT2D eigenvalue weighted by Gasteiger charge is -2.21. The Kier molecular flexibility index (Phi) is 12.6. The van der Waals surface area contributed by atoms with E-state index in [0.29, 0.717) is 6.04 Å². The van der Waals surface area contributed by atoms with Gasteiger partial charge in [-0.1, -0.05) is 44.2 Å². The molecule has 2 N–H and O–H groups in total. The van der Waals surface area contributed by atoms with E-state index < -0.39 is 0 Å². The van der Waals surface area contributed by atoms with Gasteiger partial charge in [-0.15, -0.1) is 0 Å². The minimum Gasteiger partial charge on any atom is -0.356 e. The number of nitrogens with one attached hydrogen (secondary N) is 2. The molecule has 0 radical (unpaired) electrons. The molecule has 0 aromatic heterocycles. The summed E-state index contributed by atoms with van der Waals surface area (Å²) in [5.41, 5.74) is 1.36. The van der Waals surface area contributed by atoms with Crippen LogP contribution < -0.4 is 10.6 Å². The second-order valence-electron chi connectivity index (χ2n) is 7.29. The maximum Gasteiger partial charge on any atom is 0.191 e. The van der Waals surface area contributed by atoms with Gasteiger partial charge in [0.1, 0.15) is 0 Å². The molecule has 5 nitrogen and oxygen atoms in total. The third-order valence-electron chi connectivity index (χ3n) is 4.92. The van der Waals surface area contributed by atoms with E-state index in [2.05, 4.69) is 83.6 Å². The molecule has 0 saturated carbocycles. The highest BCUT2D eigenvalue weighted by Crippen LogP contribution is 2.03. The molecule has 154 valence electrons. The molecule has 0 bridgehead atoms. The lowest BCUT2D eigenvalue weighted by atomic mass is 10.2. The van der Waals surface area contributed by atoms with Crippen molar-refractivity contribution in [1.29, 1.82) is 0 Å². The average molecular weight is 376 g/mol. The molecular formula is C22H41N5. The van der Waals surface area contributed by atoms with Crippen LogP contribution in [0, 0.1) is 0 Å². The second kappa shape index (κ2) is 14.5. The zero-order valence-corrected chi connectivity index (χ0v) is 18.2. The standard InChI is InChI=1S/C22H41N5/c1-6-27(7-2)18-11-13-20(3)25-22(23-4)24-16-12-17-26(5)19-21-14-9-8-10-15-21/h8-10,14-15,20H,6-7,11-13,16-19H2,1-5H3,(H2,23,24,25). The van der Waals surface area contributed by atoms with Crippen LogP contribution in [0.3, 0.4) is 0 Å². The van der Waals surface area contributed by atoms with Gasteiger partial charge in [-0.05, 0) is 65.0 Å². The zero-order chi connectivity index (χ0) is 19.9. The molecule has 0 aliphatic rings. The van der Waals surface area contributed by atoms with Crippen molar-refractivity contribution in [2.45, 2.75) is 52.6 Å². The highest BCUT2D eigenvalue weighted by Gasteiger charge is 2.07.